The topological polar surface area (TPSA) is 56.2 Å². The first-order chi connectivity index (χ1) is 7.65. The summed E-state index contributed by atoms with van der Waals surface area (Å²) in [6.07, 6.45) is 1.64. The fourth-order valence-electron chi connectivity index (χ4n) is 1.53. The molecule has 0 aliphatic heterocycles. The minimum Gasteiger partial charge on any atom is -0.459 e. The molecule has 0 amide bonds. The third-order valence-electron chi connectivity index (χ3n) is 2.24. The highest BCUT2D eigenvalue weighted by molar-refractivity contribution is 8.13. The average molecular weight is 239 g/mol. The van der Waals surface area contributed by atoms with Gasteiger partial charge in [0.25, 0.3) is 0 Å². The zero-order valence-corrected chi connectivity index (χ0v) is 9.44. The first-order valence-corrected chi connectivity index (χ1v) is 5.88. The van der Waals surface area contributed by atoms with Crippen molar-refractivity contribution in [1.29, 1.82) is 0 Å². The van der Waals surface area contributed by atoms with Gasteiger partial charge in [-0.05, 0) is 24.5 Å². The molecule has 0 atom stereocenters. The summed E-state index contributed by atoms with van der Waals surface area (Å²) in [6.45, 7) is 0.225. The van der Waals surface area contributed by atoms with Gasteiger partial charge in [0.15, 0.2) is 0 Å². The van der Waals surface area contributed by atoms with Crippen LogP contribution in [0.2, 0.25) is 0 Å². The fraction of sp³-hybridized carbons (Fsp3) is 0.182. The molecule has 0 aliphatic carbocycles. The Kier molecular flexibility index (Phi) is 2.98. The number of hydrogen-bond acceptors (Lipinski definition) is 4. The van der Waals surface area contributed by atoms with Crippen LogP contribution in [0.5, 0.6) is 0 Å². The van der Waals surface area contributed by atoms with Crippen LogP contribution in [0.4, 0.5) is 4.39 Å². The van der Waals surface area contributed by atoms with Gasteiger partial charge in [0.1, 0.15) is 17.2 Å². The summed E-state index contributed by atoms with van der Waals surface area (Å²) in [5.74, 6) is 0.0880. The summed E-state index contributed by atoms with van der Waals surface area (Å²) in [6, 6.07) is 4.16. The zero-order chi connectivity index (χ0) is 11.7. The van der Waals surface area contributed by atoms with Crippen molar-refractivity contribution in [2.75, 3.05) is 6.26 Å². The highest BCUT2D eigenvalue weighted by Gasteiger charge is 2.15. The maximum Gasteiger partial charge on any atom is 0.222 e. The van der Waals surface area contributed by atoms with Crippen molar-refractivity contribution in [3.8, 4) is 0 Å². The molecule has 0 fully saturated rings. The van der Waals surface area contributed by atoms with Crippen LogP contribution in [0, 0.1) is 5.82 Å². The number of carbonyl (C=O) groups is 1. The molecule has 0 radical (unpaired) electrons. The van der Waals surface area contributed by atoms with Crippen LogP contribution in [0.15, 0.2) is 22.6 Å². The molecular formula is C11H10FNO2S. The predicted octanol–water partition coefficient (Wildman–Crippen LogP) is 2.53. The molecule has 2 aromatic rings. The number of benzene rings is 1. The van der Waals surface area contributed by atoms with Crippen LogP contribution in [0.3, 0.4) is 0 Å². The second kappa shape index (κ2) is 4.27. The first kappa shape index (κ1) is 11.2. The van der Waals surface area contributed by atoms with E-state index in [9.17, 15) is 9.18 Å². The van der Waals surface area contributed by atoms with Crippen LogP contribution in [-0.4, -0.2) is 11.4 Å². The van der Waals surface area contributed by atoms with E-state index < -0.39 is 5.82 Å². The Morgan fingerprint density at radius 1 is 1.50 bits per heavy atom. The van der Waals surface area contributed by atoms with Crippen molar-refractivity contribution in [2.24, 2.45) is 5.73 Å². The van der Waals surface area contributed by atoms with E-state index in [4.69, 9.17) is 10.2 Å². The number of furan rings is 1. The lowest BCUT2D eigenvalue weighted by Gasteiger charge is -1.99. The Hall–Kier alpha value is -1.33. The van der Waals surface area contributed by atoms with Crippen molar-refractivity contribution in [3.05, 3.63) is 35.3 Å². The van der Waals surface area contributed by atoms with Crippen molar-refractivity contribution < 1.29 is 13.6 Å². The maximum absolute atomic E-state index is 13.3. The predicted molar refractivity (Wildman–Crippen MR) is 61.9 cm³/mol. The van der Waals surface area contributed by atoms with E-state index in [2.05, 4.69) is 0 Å². The SMILES string of the molecule is CSC(=O)c1cc(F)cc2cc(CN)oc12. The van der Waals surface area contributed by atoms with Gasteiger partial charge in [-0.15, -0.1) is 0 Å². The summed E-state index contributed by atoms with van der Waals surface area (Å²) >= 11 is 1.02. The molecule has 5 heteroatoms. The van der Waals surface area contributed by atoms with Gasteiger partial charge in [-0.1, -0.05) is 11.8 Å². The maximum atomic E-state index is 13.3. The summed E-state index contributed by atoms with van der Waals surface area (Å²) in [5.41, 5.74) is 6.09. The smallest absolute Gasteiger partial charge is 0.222 e. The lowest BCUT2D eigenvalue weighted by molar-refractivity contribution is 0.108. The van der Waals surface area contributed by atoms with Gasteiger partial charge in [0.05, 0.1) is 12.1 Å². The van der Waals surface area contributed by atoms with Gasteiger partial charge in [-0.3, -0.25) is 4.79 Å². The standard InChI is InChI=1S/C11H10FNO2S/c1-16-11(14)9-4-7(12)2-6-3-8(5-13)15-10(6)9/h2-4H,5,13H2,1H3. The summed E-state index contributed by atoms with van der Waals surface area (Å²) < 4.78 is 18.7. The van der Waals surface area contributed by atoms with Gasteiger partial charge >= 0.3 is 0 Å². The van der Waals surface area contributed by atoms with Crippen molar-refractivity contribution >= 4 is 27.8 Å². The van der Waals surface area contributed by atoms with E-state index in [0.717, 1.165) is 11.8 Å². The van der Waals surface area contributed by atoms with E-state index in [1.54, 1.807) is 12.3 Å². The molecule has 0 bridgehead atoms. The van der Waals surface area contributed by atoms with Crippen LogP contribution in [-0.2, 0) is 6.54 Å². The number of hydrogen-bond donors (Lipinski definition) is 1. The van der Waals surface area contributed by atoms with Gasteiger partial charge in [0.2, 0.25) is 5.12 Å². The molecule has 1 aromatic carbocycles. The Bertz CT molecular complexity index is 550. The number of thioether (sulfide) groups is 1. The third kappa shape index (κ3) is 1.83. The molecule has 0 unspecified atom stereocenters. The van der Waals surface area contributed by atoms with Gasteiger partial charge < -0.3 is 10.2 Å². The van der Waals surface area contributed by atoms with Crippen molar-refractivity contribution in [2.45, 2.75) is 6.54 Å². The second-order valence-corrected chi connectivity index (χ2v) is 4.06. The summed E-state index contributed by atoms with van der Waals surface area (Å²) in [7, 11) is 0. The summed E-state index contributed by atoms with van der Waals surface area (Å²) in [5, 5.41) is 0.347. The van der Waals surface area contributed by atoms with Gasteiger partial charge in [0, 0.05) is 5.39 Å². The molecule has 3 nitrogen and oxygen atoms in total. The highest BCUT2D eigenvalue weighted by Crippen LogP contribution is 2.26. The zero-order valence-electron chi connectivity index (χ0n) is 8.62. The Morgan fingerprint density at radius 3 is 2.88 bits per heavy atom. The molecule has 0 saturated heterocycles. The molecule has 0 saturated carbocycles. The molecule has 1 heterocycles. The van der Waals surface area contributed by atoms with E-state index >= 15 is 0 Å². The van der Waals surface area contributed by atoms with Crippen LogP contribution in [0.25, 0.3) is 11.0 Å². The molecule has 0 aliphatic rings. The lowest BCUT2D eigenvalue weighted by Crippen LogP contribution is -1.94. The molecule has 16 heavy (non-hydrogen) atoms. The largest absolute Gasteiger partial charge is 0.459 e. The monoisotopic (exact) mass is 239 g/mol. The van der Waals surface area contributed by atoms with E-state index in [1.807, 2.05) is 0 Å². The third-order valence-corrected chi connectivity index (χ3v) is 2.83. The molecule has 84 valence electrons. The Balaban J connectivity index is 2.70. The number of rotatable bonds is 2. The molecule has 2 rings (SSSR count). The van der Waals surface area contributed by atoms with E-state index in [-0.39, 0.29) is 17.2 Å². The van der Waals surface area contributed by atoms with Crippen molar-refractivity contribution in [1.82, 2.24) is 0 Å². The minimum absolute atomic E-state index is 0.220. The van der Waals surface area contributed by atoms with Crippen LogP contribution >= 0.6 is 11.8 Å². The first-order valence-electron chi connectivity index (χ1n) is 4.66. The average Bonchev–Trinajstić information content (AvgIpc) is 2.69. The Labute approximate surface area is 95.8 Å². The number of halogens is 1. The van der Waals surface area contributed by atoms with Gasteiger partial charge in [-0.25, -0.2) is 4.39 Å². The minimum atomic E-state index is -0.450. The summed E-state index contributed by atoms with van der Waals surface area (Å²) in [4.78, 5) is 11.6. The Morgan fingerprint density at radius 2 is 2.25 bits per heavy atom. The van der Waals surface area contributed by atoms with E-state index in [1.165, 1.54) is 12.1 Å². The number of nitrogens with two attached hydrogens (primary N) is 1. The van der Waals surface area contributed by atoms with Crippen LogP contribution in [0.1, 0.15) is 16.1 Å². The lowest BCUT2D eigenvalue weighted by atomic mass is 10.1. The number of carbonyl (C=O) groups excluding carboxylic acids is 1. The van der Waals surface area contributed by atoms with Crippen molar-refractivity contribution in [3.63, 3.8) is 0 Å². The molecule has 1 aromatic heterocycles. The van der Waals surface area contributed by atoms with Gasteiger partial charge in [-0.2, -0.15) is 0 Å². The molecule has 0 spiro atoms. The van der Waals surface area contributed by atoms with E-state index in [0.29, 0.717) is 16.7 Å². The van der Waals surface area contributed by atoms with Crippen LogP contribution < -0.4 is 5.73 Å². The number of fused-ring (bicyclic) bond motifs is 1. The second-order valence-electron chi connectivity index (χ2n) is 3.28. The molecule has 2 N–H and O–H groups in total. The normalized spacial score (nSPS) is 10.9. The fourth-order valence-corrected chi connectivity index (χ4v) is 1.90. The molecular weight excluding hydrogens is 229 g/mol. The highest BCUT2D eigenvalue weighted by atomic mass is 32.2. The quantitative estimate of drug-likeness (QED) is 0.875.